The molecule has 0 unspecified atom stereocenters. The maximum atomic E-state index is 6.74. The van der Waals surface area contributed by atoms with Crippen molar-refractivity contribution >= 4 is 51.1 Å². The third-order valence-electron chi connectivity index (χ3n) is 4.35. The largest absolute Gasteiger partial charge is 0.489 e. The van der Waals surface area contributed by atoms with Gasteiger partial charge in [-0.3, -0.25) is 4.99 Å². The van der Waals surface area contributed by atoms with Crippen molar-refractivity contribution in [3.05, 3.63) is 51.3 Å². The molecule has 1 aliphatic heterocycles. The summed E-state index contributed by atoms with van der Waals surface area (Å²) >= 11 is 14.4. The Morgan fingerprint density at radius 3 is 2.68 bits per heavy atom. The van der Waals surface area contributed by atoms with Crippen LogP contribution < -0.4 is 10.1 Å². The predicted molar refractivity (Wildman–Crippen MR) is 121 cm³/mol. The van der Waals surface area contributed by atoms with Crippen LogP contribution in [-0.4, -0.2) is 39.2 Å². The number of methoxy groups -OCH3 is 1. The number of rotatable bonds is 6. The lowest BCUT2D eigenvalue weighted by Crippen LogP contribution is -2.21. The molecule has 0 fully saturated rings. The Morgan fingerprint density at radius 2 is 2.00 bits per heavy atom. The zero-order valence-electron chi connectivity index (χ0n) is 14.7. The van der Waals surface area contributed by atoms with Crippen molar-refractivity contribution in [3.8, 4) is 16.2 Å². The summed E-state index contributed by atoms with van der Waals surface area (Å²) < 4.78 is 11.8. The van der Waals surface area contributed by atoms with Crippen molar-refractivity contribution in [2.75, 3.05) is 33.4 Å². The minimum Gasteiger partial charge on any atom is -0.489 e. The fourth-order valence-electron chi connectivity index (χ4n) is 3.09. The molecular formula is C21H22Cl2N2O2S. The van der Waals surface area contributed by atoms with Gasteiger partial charge in [-0.2, -0.15) is 0 Å². The first-order valence-corrected chi connectivity index (χ1v) is 10.2. The highest BCUT2D eigenvalue weighted by molar-refractivity contribution is 7.19. The summed E-state index contributed by atoms with van der Waals surface area (Å²) in [4.78, 5) is 5.67. The topological polar surface area (TPSA) is 42.9 Å². The molecule has 1 aromatic heterocycles. The number of amidine groups is 1. The molecule has 0 amide bonds. The molecule has 1 N–H and O–H groups in total. The van der Waals surface area contributed by atoms with Crippen LogP contribution in [0.25, 0.3) is 21.2 Å². The minimum atomic E-state index is 0. The first-order valence-electron chi connectivity index (χ1n) is 8.60. The van der Waals surface area contributed by atoms with E-state index in [0.29, 0.717) is 24.0 Å². The maximum Gasteiger partial charge on any atom is 0.149 e. The molecular weight excluding hydrogens is 415 g/mol. The Morgan fingerprint density at radius 1 is 1.14 bits per heavy atom. The van der Waals surface area contributed by atoms with E-state index in [4.69, 9.17) is 32.7 Å². The van der Waals surface area contributed by atoms with Crippen molar-refractivity contribution in [1.29, 1.82) is 0 Å². The maximum absolute atomic E-state index is 6.74. The number of ether oxygens (including phenoxy) is 2. The van der Waals surface area contributed by atoms with Crippen molar-refractivity contribution < 1.29 is 9.47 Å². The fraction of sp³-hybridized carbons (Fsp3) is 0.286. The molecule has 7 heteroatoms. The van der Waals surface area contributed by atoms with Crippen LogP contribution in [0.15, 0.2) is 41.4 Å². The summed E-state index contributed by atoms with van der Waals surface area (Å²) in [6, 6.07) is 12.2. The molecule has 0 saturated heterocycles. The average Bonchev–Trinajstić information content (AvgIpc) is 3.35. The molecule has 3 aromatic rings. The molecule has 2 aromatic carbocycles. The summed E-state index contributed by atoms with van der Waals surface area (Å²) in [6.45, 7) is 2.48. The molecule has 2 heterocycles. The number of fused-ring (bicyclic) bond motifs is 1. The third kappa shape index (κ3) is 4.13. The highest BCUT2D eigenvalue weighted by Gasteiger charge is 2.20. The lowest BCUT2D eigenvalue weighted by molar-refractivity contribution is 0.146. The summed E-state index contributed by atoms with van der Waals surface area (Å²) in [5.41, 5.74) is 1.98. The van der Waals surface area contributed by atoms with Crippen LogP contribution in [0.2, 0.25) is 9.36 Å². The van der Waals surface area contributed by atoms with Gasteiger partial charge in [0.15, 0.2) is 0 Å². The van der Waals surface area contributed by atoms with Gasteiger partial charge in [0.05, 0.1) is 28.1 Å². The number of thiophene rings is 1. The van der Waals surface area contributed by atoms with Crippen molar-refractivity contribution in [3.63, 3.8) is 0 Å². The van der Waals surface area contributed by atoms with E-state index in [1.165, 1.54) is 0 Å². The number of aliphatic imine (C=N–C) groups is 1. The second-order valence-corrected chi connectivity index (χ2v) is 8.20. The Labute approximate surface area is 179 Å². The molecule has 0 spiro atoms. The van der Waals surface area contributed by atoms with Gasteiger partial charge in [-0.1, -0.05) is 42.8 Å². The molecule has 148 valence electrons. The number of halogens is 2. The van der Waals surface area contributed by atoms with Crippen molar-refractivity contribution in [2.24, 2.45) is 4.99 Å². The quantitative estimate of drug-likeness (QED) is 0.490. The molecule has 1 aliphatic rings. The molecule has 0 radical (unpaired) electrons. The van der Waals surface area contributed by atoms with E-state index in [9.17, 15) is 0 Å². The second-order valence-electron chi connectivity index (χ2n) is 6.11. The molecule has 0 bridgehead atoms. The first-order chi connectivity index (χ1) is 13.2. The number of hydrogen-bond donors (Lipinski definition) is 1. The van der Waals surface area contributed by atoms with E-state index >= 15 is 0 Å². The molecule has 0 atom stereocenters. The normalized spacial score (nSPS) is 13.2. The fourth-order valence-corrected chi connectivity index (χ4v) is 4.46. The van der Waals surface area contributed by atoms with E-state index in [2.05, 4.69) is 28.5 Å². The average molecular weight is 437 g/mol. The zero-order valence-corrected chi connectivity index (χ0v) is 17.0. The van der Waals surface area contributed by atoms with Gasteiger partial charge in [-0.25, -0.2) is 0 Å². The van der Waals surface area contributed by atoms with Gasteiger partial charge < -0.3 is 14.8 Å². The van der Waals surface area contributed by atoms with Crippen LogP contribution in [0.5, 0.6) is 5.75 Å². The molecule has 28 heavy (non-hydrogen) atoms. The van der Waals surface area contributed by atoms with Crippen LogP contribution >= 0.6 is 34.5 Å². The van der Waals surface area contributed by atoms with E-state index in [0.717, 1.165) is 50.0 Å². The first kappa shape index (κ1) is 20.9. The standard InChI is InChI=1S/C20H18Cl2N2O2S.CH4/c1-25-8-9-26-19-15(20-23-6-7-24-20)11-13-10-12(2-3-14(13)18(19)22)16-4-5-17(21)27-16;/h2-5,10-11H,6-9H2,1H3,(H,23,24);1H4. The Kier molecular flexibility index (Phi) is 6.83. The number of nitrogens with zero attached hydrogens (tertiary/aromatic N) is 1. The van der Waals surface area contributed by atoms with Gasteiger partial charge in [0.1, 0.15) is 18.2 Å². The van der Waals surface area contributed by atoms with Crippen molar-refractivity contribution in [2.45, 2.75) is 7.43 Å². The molecule has 4 nitrogen and oxygen atoms in total. The summed E-state index contributed by atoms with van der Waals surface area (Å²) in [6.07, 6.45) is 0. The van der Waals surface area contributed by atoms with Gasteiger partial charge in [0.2, 0.25) is 0 Å². The van der Waals surface area contributed by atoms with Crippen LogP contribution in [0.4, 0.5) is 0 Å². The molecule has 0 saturated carbocycles. The van der Waals surface area contributed by atoms with Crippen LogP contribution in [0, 0.1) is 0 Å². The van der Waals surface area contributed by atoms with Gasteiger partial charge in [-0.05, 0) is 35.2 Å². The van der Waals surface area contributed by atoms with Crippen LogP contribution in [0.3, 0.4) is 0 Å². The Bertz CT molecular complexity index is 1020. The van der Waals surface area contributed by atoms with E-state index in [-0.39, 0.29) is 7.43 Å². The lowest BCUT2D eigenvalue weighted by Gasteiger charge is -2.16. The van der Waals surface area contributed by atoms with Gasteiger partial charge in [-0.15, -0.1) is 11.3 Å². The summed E-state index contributed by atoms with van der Waals surface area (Å²) in [5, 5.41) is 5.88. The summed E-state index contributed by atoms with van der Waals surface area (Å²) in [5.74, 6) is 1.46. The predicted octanol–water partition coefficient (Wildman–Crippen LogP) is 5.89. The third-order valence-corrected chi connectivity index (χ3v) is 6.01. The van der Waals surface area contributed by atoms with E-state index in [1.54, 1.807) is 18.4 Å². The summed E-state index contributed by atoms with van der Waals surface area (Å²) in [7, 11) is 1.65. The van der Waals surface area contributed by atoms with E-state index < -0.39 is 0 Å². The van der Waals surface area contributed by atoms with Gasteiger partial charge >= 0.3 is 0 Å². The van der Waals surface area contributed by atoms with Crippen LogP contribution in [-0.2, 0) is 4.74 Å². The zero-order chi connectivity index (χ0) is 18.8. The van der Waals surface area contributed by atoms with Crippen molar-refractivity contribution in [1.82, 2.24) is 5.32 Å². The Hall–Kier alpha value is -1.79. The number of hydrogen-bond acceptors (Lipinski definition) is 5. The minimum absolute atomic E-state index is 0. The number of benzene rings is 2. The lowest BCUT2D eigenvalue weighted by atomic mass is 10.0. The smallest absolute Gasteiger partial charge is 0.149 e. The van der Waals surface area contributed by atoms with Gasteiger partial charge in [0, 0.05) is 23.9 Å². The number of nitrogens with one attached hydrogen (secondary N) is 1. The molecule has 0 aliphatic carbocycles. The highest BCUT2D eigenvalue weighted by Crippen LogP contribution is 2.40. The van der Waals surface area contributed by atoms with Gasteiger partial charge in [0.25, 0.3) is 0 Å². The highest BCUT2D eigenvalue weighted by atomic mass is 35.5. The Balaban J connectivity index is 0.00000225. The molecule has 4 rings (SSSR count). The second kappa shape index (κ2) is 9.14. The monoisotopic (exact) mass is 436 g/mol. The SMILES string of the molecule is C.COCCOc1c(C2=NCCN2)cc2cc(-c3ccc(Cl)s3)ccc2c1Cl. The van der Waals surface area contributed by atoms with E-state index in [1.807, 2.05) is 18.2 Å². The van der Waals surface area contributed by atoms with Crippen LogP contribution in [0.1, 0.15) is 13.0 Å².